The highest BCUT2D eigenvalue weighted by Crippen LogP contribution is 2.26. The monoisotopic (exact) mass is 263 g/mol. The minimum Gasteiger partial charge on any atom is -0.366 e. The van der Waals surface area contributed by atoms with E-state index >= 15 is 0 Å². The van der Waals surface area contributed by atoms with E-state index in [0.29, 0.717) is 0 Å². The second-order valence-electron chi connectivity index (χ2n) is 3.50. The van der Waals surface area contributed by atoms with E-state index in [9.17, 15) is 13.2 Å². The third-order valence-corrected chi connectivity index (χ3v) is 2.31. The van der Waals surface area contributed by atoms with Crippen LogP contribution in [-0.4, -0.2) is 17.2 Å². The fraction of sp³-hybridized carbons (Fsp3) is 0.400. The van der Waals surface area contributed by atoms with Crippen molar-refractivity contribution < 1.29 is 13.2 Å². The van der Waals surface area contributed by atoms with Crippen molar-refractivity contribution in [1.82, 2.24) is 4.98 Å². The second kappa shape index (κ2) is 5.23. The molecule has 0 amide bonds. The highest BCUT2D eigenvalue weighted by Gasteiger charge is 2.30. The van der Waals surface area contributed by atoms with Crippen LogP contribution in [0.15, 0.2) is 12.3 Å². The van der Waals surface area contributed by atoms with Gasteiger partial charge in [0.2, 0.25) is 0 Å². The molecule has 0 spiro atoms. The quantitative estimate of drug-likeness (QED) is 0.910. The van der Waals surface area contributed by atoms with E-state index in [0.717, 1.165) is 0 Å². The van der Waals surface area contributed by atoms with Gasteiger partial charge in [0.25, 0.3) is 0 Å². The molecule has 1 aromatic rings. The molecule has 0 aliphatic carbocycles. The fourth-order valence-electron chi connectivity index (χ4n) is 1.26. The molecule has 17 heavy (non-hydrogen) atoms. The lowest BCUT2D eigenvalue weighted by molar-refractivity contribution is -0.136. The number of alkyl halides is 3. The smallest absolute Gasteiger partial charge is 0.366 e. The van der Waals surface area contributed by atoms with Crippen LogP contribution in [0.5, 0.6) is 0 Å². The Kier molecular flexibility index (Phi) is 4.18. The van der Waals surface area contributed by atoms with Crippen molar-refractivity contribution >= 4 is 17.4 Å². The third kappa shape index (κ3) is 4.11. The predicted octanol–water partition coefficient (Wildman–Crippen LogP) is 3.36. The van der Waals surface area contributed by atoms with Crippen molar-refractivity contribution in [2.75, 3.05) is 5.32 Å². The maximum absolute atomic E-state index is 12.1. The van der Waals surface area contributed by atoms with Gasteiger partial charge < -0.3 is 5.32 Å². The summed E-state index contributed by atoms with van der Waals surface area (Å²) >= 11 is 5.80. The number of rotatable bonds is 3. The summed E-state index contributed by atoms with van der Waals surface area (Å²) in [5, 5.41) is 11.3. The van der Waals surface area contributed by atoms with Gasteiger partial charge in [0, 0.05) is 12.2 Å². The molecular formula is C10H9ClF3N3. The molecule has 1 unspecified atom stereocenters. The first-order valence-electron chi connectivity index (χ1n) is 4.71. The zero-order chi connectivity index (χ0) is 13.1. The standard InChI is InChI=1S/C10H9ClF3N3/c1-6(4-10(12,13)14)17-9-8(11)7(5-15)2-3-16-9/h2-3,6H,4H2,1H3,(H,16,17). The van der Waals surface area contributed by atoms with Crippen molar-refractivity contribution in [2.24, 2.45) is 0 Å². The van der Waals surface area contributed by atoms with Crippen LogP contribution in [0.2, 0.25) is 5.02 Å². The molecule has 1 aromatic heterocycles. The summed E-state index contributed by atoms with van der Waals surface area (Å²) in [5.41, 5.74) is 0.170. The minimum atomic E-state index is -4.26. The highest BCUT2D eigenvalue weighted by molar-refractivity contribution is 6.34. The van der Waals surface area contributed by atoms with Crippen molar-refractivity contribution in [3.63, 3.8) is 0 Å². The molecule has 0 saturated carbocycles. The number of hydrogen-bond acceptors (Lipinski definition) is 3. The summed E-state index contributed by atoms with van der Waals surface area (Å²) < 4.78 is 36.3. The van der Waals surface area contributed by atoms with Gasteiger partial charge in [-0.2, -0.15) is 18.4 Å². The maximum atomic E-state index is 12.1. The summed E-state index contributed by atoms with van der Waals surface area (Å²) in [4.78, 5) is 3.80. The molecule has 92 valence electrons. The van der Waals surface area contributed by atoms with Gasteiger partial charge in [0.1, 0.15) is 16.9 Å². The Labute approximate surface area is 101 Å². The van der Waals surface area contributed by atoms with Crippen LogP contribution in [0.1, 0.15) is 18.9 Å². The Balaban J connectivity index is 2.79. The number of nitriles is 1. The summed E-state index contributed by atoms with van der Waals surface area (Å²) in [7, 11) is 0. The molecule has 0 saturated heterocycles. The largest absolute Gasteiger partial charge is 0.391 e. The van der Waals surface area contributed by atoms with E-state index in [1.807, 2.05) is 6.07 Å². The van der Waals surface area contributed by atoms with Crippen molar-refractivity contribution in [3.05, 3.63) is 22.8 Å². The van der Waals surface area contributed by atoms with Crippen molar-refractivity contribution in [1.29, 1.82) is 5.26 Å². The normalized spacial score (nSPS) is 12.9. The lowest BCUT2D eigenvalue weighted by atomic mass is 10.2. The average Bonchev–Trinajstić information content (AvgIpc) is 2.18. The molecule has 7 heteroatoms. The average molecular weight is 264 g/mol. The van der Waals surface area contributed by atoms with Crippen LogP contribution in [0.3, 0.4) is 0 Å². The second-order valence-corrected chi connectivity index (χ2v) is 3.88. The third-order valence-electron chi connectivity index (χ3n) is 1.93. The molecule has 0 aliphatic heterocycles. The van der Waals surface area contributed by atoms with Gasteiger partial charge >= 0.3 is 6.18 Å². The van der Waals surface area contributed by atoms with E-state index in [2.05, 4.69) is 10.3 Å². The molecule has 1 rings (SSSR count). The van der Waals surface area contributed by atoms with Gasteiger partial charge in [-0.1, -0.05) is 11.6 Å². The number of nitrogens with one attached hydrogen (secondary N) is 1. The molecule has 1 N–H and O–H groups in total. The zero-order valence-corrected chi connectivity index (χ0v) is 9.60. The predicted molar refractivity (Wildman–Crippen MR) is 57.7 cm³/mol. The molecule has 1 heterocycles. The van der Waals surface area contributed by atoms with Crippen LogP contribution in [0, 0.1) is 11.3 Å². The number of aromatic nitrogens is 1. The van der Waals surface area contributed by atoms with Gasteiger partial charge in [0.15, 0.2) is 0 Å². The molecule has 3 nitrogen and oxygen atoms in total. The first-order valence-corrected chi connectivity index (χ1v) is 5.09. The summed E-state index contributed by atoms with van der Waals surface area (Å²) in [6.07, 6.45) is -3.94. The number of pyridine rings is 1. The first kappa shape index (κ1) is 13.6. The van der Waals surface area contributed by atoms with Crippen LogP contribution >= 0.6 is 11.6 Å². The Bertz CT molecular complexity index is 439. The first-order chi connectivity index (χ1) is 7.83. The fourth-order valence-corrected chi connectivity index (χ4v) is 1.47. The van der Waals surface area contributed by atoms with Crippen LogP contribution < -0.4 is 5.32 Å². The summed E-state index contributed by atoms with van der Waals surface area (Å²) in [6.45, 7) is 1.37. The SMILES string of the molecule is CC(CC(F)(F)F)Nc1nccc(C#N)c1Cl. The molecule has 0 aliphatic rings. The number of anilines is 1. The maximum Gasteiger partial charge on any atom is 0.391 e. The van der Waals surface area contributed by atoms with Gasteiger partial charge in [-0.05, 0) is 13.0 Å². The lowest BCUT2D eigenvalue weighted by Gasteiger charge is -2.17. The number of nitrogens with zero attached hydrogens (tertiary/aromatic N) is 2. The molecule has 0 radical (unpaired) electrons. The lowest BCUT2D eigenvalue weighted by Crippen LogP contribution is -2.24. The molecule has 0 aromatic carbocycles. The summed E-state index contributed by atoms with van der Waals surface area (Å²) in [6, 6.07) is 2.35. The van der Waals surface area contributed by atoms with Crippen LogP contribution in [0.25, 0.3) is 0 Å². The van der Waals surface area contributed by atoms with E-state index in [1.165, 1.54) is 19.2 Å². The molecule has 0 fully saturated rings. The van der Waals surface area contributed by atoms with Gasteiger partial charge in [0.05, 0.1) is 12.0 Å². The van der Waals surface area contributed by atoms with E-state index in [1.54, 1.807) is 0 Å². The minimum absolute atomic E-state index is 0.0315. The van der Waals surface area contributed by atoms with E-state index < -0.39 is 18.6 Å². The Morgan fingerprint density at radius 2 is 2.24 bits per heavy atom. The molecule has 0 bridgehead atoms. The number of hydrogen-bond donors (Lipinski definition) is 1. The summed E-state index contributed by atoms with van der Waals surface area (Å²) in [5.74, 6) is 0.0856. The van der Waals surface area contributed by atoms with Gasteiger partial charge in [-0.15, -0.1) is 0 Å². The topological polar surface area (TPSA) is 48.7 Å². The van der Waals surface area contributed by atoms with Gasteiger partial charge in [-0.25, -0.2) is 4.98 Å². The van der Waals surface area contributed by atoms with Crippen LogP contribution in [-0.2, 0) is 0 Å². The van der Waals surface area contributed by atoms with E-state index in [4.69, 9.17) is 16.9 Å². The Morgan fingerprint density at radius 1 is 1.59 bits per heavy atom. The Morgan fingerprint density at radius 3 is 2.76 bits per heavy atom. The highest BCUT2D eigenvalue weighted by atomic mass is 35.5. The molecular weight excluding hydrogens is 255 g/mol. The van der Waals surface area contributed by atoms with E-state index in [-0.39, 0.29) is 16.4 Å². The number of halogens is 4. The van der Waals surface area contributed by atoms with Crippen molar-refractivity contribution in [3.8, 4) is 6.07 Å². The zero-order valence-electron chi connectivity index (χ0n) is 8.85. The molecule has 1 atom stereocenters. The van der Waals surface area contributed by atoms with Crippen LogP contribution in [0.4, 0.5) is 19.0 Å². The van der Waals surface area contributed by atoms with Gasteiger partial charge in [-0.3, -0.25) is 0 Å². The Hall–Kier alpha value is -1.48. The van der Waals surface area contributed by atoms with Crippen molar-refractivity contribution in [2.45, 2.75) is 25.6 Å².